The minimum Gasteiger partial charge on any atom is -0.348 e. The standard InChI is InChI=1S/C10H17O2/c1-2-9-3-5-10(6-4-9)11-7-8-12-10/h9H,1-8H2. The van der Waals surface area contributed by atoms with E-state index >= 15 is 0 Å². The summed E-state index contributed by atoms with van der Waals surface area (Å²) >= 11 is 0. The third-order valence-electron chi connectivity index (χ3n) is 3.09. The molecule has 0 atom stereocenters. The van der Waals surface area contributed by atoms with Crippen LogP contribution in [0.25, 0.3) is 0 Å². The number of hydrogen-bond acceptors (Lipinski definition) is 2. The monoisotopic (exact) mass is 169 g/mol. The van der Waals surface area contributed by atoms with Gasteiger partial charge in [-0.2, -0.15) is 0 Å². The van der Waals surface area contributed by atoms with Crippen molar-refractivity contribution in [3.8, 4) is 0 Å². The summed E-state index contributed by atoms with van der Waals surface area (Å²) in [7, 11) is 0. The van der Waals surface area contributed by atoms with Gasteiger partial charge in [0.15, 0.2) is 5.79 Å². The first kappa shape index (κ1) is 8.52. The molecule has 0 unspecified atom stereocenters. The Bertz CT molecular complexity index is 140. The highest BCUT2D eigenvalue weighted by Crippen LogP contribution is 2.38. The van der Waals surface area contributed by atoms with Gasteiger partial charge in [0.25, 0.3) is 0 Å². The van der Waals surface area contributed by atoms with E-state index in [4.69, 9.17) is 9.47 Å². The molecule has 69 valence electrons. The lowest BCUT2D eigenvalue weighted by Crippen LogP contribution is -2.34. The third kappa shape index (κ3) is 1.50. The molecule has 0 aromatic heterocycles. The van der Waals surface area contributed by atoms with Gasteiger partial charge >= 0.3 is 0 Å². The van der Waals surface area contributed by atoms with Gasteiger partial charge in [0.1, 0.15) is 0 Å². The van der Waals surface area contributed by atoms with Gasteiger partial charge in [-0.3, -0.25) is 0 Å². The molecule has 1 heterocycles. The highest BCUT2D eigenvalue weighted by Gasteiger charge is 2.39. The average Bonchev–Trinajstić information content (AvgIpc) is 2.55. The molecule has 1 radical (unpaired) electrons. The van der Waals surface area contributed by atoms with E-state index < -0.39 is 0 Å². The van der Waals surface area contributed by atoms with E-state index in [0.717, 1.165) is 38.4 Å². The van der Waals surface area contributed by atoms with Crippen LogP contribution in [0, 0.1) is 12.8 Å². The van der Waals surface area contributed by atoms with Crippen LogP contribution < -0.4 is 0 Å². The SMILES string of the molecule is [CH2]CC1CCC2(CC1)OCCO2. The summed E-state index contributed by atoms with van der Waals surface area (Å²) in [4.78, 5) is 0. The summed E-state index contributed by atoms with van der Waals surface area (Å²) in [5.74, 6) is 0.634. The molecule has 1 spiro atoms. The molecule has 0 aromatic carbocycles. The lowest BCUT2D eigenvalue weighted by molar-refractivity contribution is -0.182. The van der Waals surface area contributed by atoms with E-state index in [1.807, 2.05) is 0 Å². The van der Waals surface area contributed by atoms with Crippen LogP contribution in [0.1, 0.15) is 32.1 Å². The van der Waals surface area contributed by atoms with Crippen LogP contribution in [0.15, 0.2) is 0 Å². The van der Waals surface area contributed by atoms with Crippen molar-refractivity contribution in [1.82, 2.24) is 0 Å². The smallest absolute Gasteiger partial charge is 0.168 e. The minimum atomic E-state index is -0.175. The summed E-state index contributed by atoms with van der Waals surface area (Å²) in [5, 5.41) is 0. The number of ether oxygens (including phenoxy) is 2. The molecule has 2 fully saturated rings. The van der Waals surface area contributed by atoms with Crippen molar-refractivity contribution in [3.05, 3.63) is 6.92 Å². The Labute approximate surface area is 74.2 Å². The molecule has 2 rings (SSSR count). The number of hydrogen-bond donors (Lipinski definition) is 0. The van der Waals surface area contributed by atoms with Gasteiger partial charge in [0.2, 0.25) is 0 Å². The zero-order valence-corrected chi connectivity index (χ0v) is 7.55. The summed E-state index contributed by atoms with van der Waals surface area (Å²) < 4.78 is 11.3. The maximum absolute atomic E-state index is 5.63. The van der Waals surface area contributed by atoms with E-state index in [1.54, 1.807) is 0 Å². The van der Waals surface area contributed by atoms with E-state index in [9.17, 15) is 0 Å². The van der Waals surface area contributed by atoms with Crippen LogP contribution in [0.5, 0.6) is 0 Å². The van der Waals surface area contributed by atoms with Gasteiger partial charge in [-0.05, 0) is 18.8 Å². The second kappa shape index (κ2) is 3.35. The minimum absolute atomic E-state index is 0.175. The van der Waals surface area contributed by atoms with Crippen molar-refractivity contribution in [2.45, 2.75) is 37.9 Å². The van der Waals surface area contributed by atoms with Crippen molar-refractivity contribution in [2.75, 3.05) is 13.2 Å². The lowest BCUT2D eigenvalue weighted by atomic mass is 9.84. The fourth-order valence-electron chi connectivity index (χ4n) is 2.19. The molecule has 0 aromatic rings. The normalized spacial score (nSPS) is 29.8. The van der Waals surface area contributed by atoms with Crippen molar-refractivity contribution in [3.63, 3.8) is 0 Å². The Morgan fingerprint density at radius 2 is 1.75 bits per heavy atom. The molecule has 12 heavy (non-hydrogen) atoms. The van der Waals surface area contributed by atoms with Crippen LogP contribution in [0.3, 0.4) is 0 Å². The van der Waals surface area contributed by atoms with Gasteiger partial charge < -0.3 is 9.47 Å². The van der Waals surface area contributed by atoms with Crippen LogP contribution in [0.2, 0.25) is 0 Å². The Morgan fingerprint density at radius 3 is 2.25 bits per heavy atom. The Morgan fingerprint density at radius 1 is 1.17 bits per heavy atom. The fraction of sp³-hybridized carbons (Fsp3) is 0.900. The predicted octanol–water partition coefficient (Wildman–Crippen LogP) is 2.14. The molecule has 2 heteroatoms. The Hall–Kier alpha value is -0.0800. The van der Waals surface area contributed by atoms with E-state index in [2.05, 4.69) is 6.92 Å². The molecule has 1 aliphatic heterocycles. The molecule has 2 aliphatic rings. The summed E-state index contributed by atoms with van der Waals surface area (Å²) in [6, 6.07) is 0. The van der Waals surface area contributed by atoms with Crippen LogP contribution >= 0.6 is 0 Å². The maximum Gasteiger partial charge on any atom is 0.168 e. The molecule has 0 amide bonds. The van der Waals surface area contributed by atoms with Crippen LogP contribution in [-0.2, 0) is 9.47 Å². The molecule has 1 saturated heterocycles. The summed E-state index contributed by atoms with van der Waals surface area (Å²) in [6.07, 6.45) is 5.67. The van der Waals surface area contributed by atoms with Gasteiger partial charge in [-0.25, -0.2) is 0 Å². The Kier molecular flexibility index (Phi) is 2.37. The second-order valence-electron chi connectivity index (χ2n) is 3.84. The van der Waals surface area contributed by atoms with E-state index in [0.29, 0.717) is 0 Å². The van der Waals surface area contributed by atoms with Crippen molar-refractivity contribution in [1.29, 1.82) is 0 Å². The predicted molar refractivity (Wildman–Crippen MR) is 46.6 cm³/mol. The summed E-state index contributed by atoms with van der Waals surface area (Å²) in [6.45, 7) is 5.52. The molecule has 1 aliphatic carbocycles. The highest BCUT2D eigenvalue weighted by molar-refractivity contribution is 4.82. The van der Waals surface area contributed by atoms with Gasteiger partial charge in [0, 0.05) is 12.8 Å². The fourth-order valence-corrected chi connectivity index (χ4v) is 2.19. The first-order chi connectivity index (χ1) is 5.85. The Balaban J connectivity index is 1.88. The quantitative estimate of drug-likeness (QED) is 0.598. The third-order valence-corrected chi connectivity index (χ3v) is 3.09. The van der Waals surface area contributed by atoms with Gasteiger partial charge in [0.05, 0.1) is 13.2 Å². The van der Waals surface area contributed by atoms with Gasteiger partial charge in [-0.1, -0.05) is 13.3 Å². The molecule has 0 bridgehead atoms. The van der Waals surface area contributed by atoms with E-state index in [-0.39, 0.29) is 5.79 Å². The summed E-state index contributed by atoms with van der Waals surface area (Å²) in [5.41, 5.74) is 0. The molecule has 1 saturated carbocycles. The van der Waals surface area contributed by atoms with Crippen LogP contribution in [0.4, 0.5) is 0 Å². The topological polar surface area (TPSA) is 18.5 Å². The van der Waals surface area contributed by atoms with Crippen LogP contribution in [-0.4, -0.2) is 19.0 Å². The molecule has 2 nitrogen and oxygen atoms in total. The number of rotatable bonds is 1. The first-order valence-corrected chi connectivity index (χ1v) is 4.92. The van der Waals surface area contributed by atoms with Crippen molar-refractivity contribution >= 4 is 0 Å². The highest BCUT2D eigenvalue weighted by atomic mass is 16.7. The van der Waals surface area contributed by atoms with Crippen molar-refractivity contribution in [2.24, 2.45) is 5.92 Å². The lowest BCUT2D eigenvalue weighted by Gasteiger charge is -2.34. The molecule has 0 N–H and O–H groups in total. The largest absolute Gasteiger partial charge is 0.348 e. The second-order valence-corrected chi connectivity index (χ2v) is 3.84. The zero-order valence-electron chi connectivity index (χ0n) is 7.55. The first-order valence-electron chi connectivity index (χ1n) is 4.92. The average molecular weight is 169 g/mol. The van der Waals surface area contributed by atoms with E-state index in [1.165, 1.54) is 12.8 Å². The zero-order chi connectivity index (χ0) is 8.44. The molecular formula is C10H17O2. The van der Waals surface area contributed by atoms with Gasteiger partial charge in [-0.15, -0.1) is 0 Å². The molecular weight excluding hydrogens is 152 g/mol. The van der Waals surface area contributed by atoms with Crippen molar-refractivity contribution < 1.29 is 9.47 Å². The maximum atomic E-state index is 5.63.